The molecule has 0 amide bonds. The number of anilines is 1. The highest BCUT2D eigenvalue weighted by Crippen LogP contribution is 2.28. The van der Waals surface area contributed by atoms with E-state index >= 15 is 0 Å². The predicted octanol–water partition coefficient (Wildman–Crippen LogP) is 4.20. The van der Waals surface area contributed by atoms with E-state index in [0.717, 1.165) is 31.1 Å². The summed E-state index contributed by atoms with van der Waals surface area (Å²) in [5, 5.41) is 3.42. The van der Waals surface area contributed by atoms with Crippen molar-refractivity contribution in [1.82, 2.24) is 5.32 Å². The van der Waals surface area contributed by atoms with Gasteiger partial charge in [0.2, 0.25) is 0 Å². The summed E-state index contributed by atoms with van der Waals surface area (Å²) in [6.45, 7) is 7.16. The van der Waals surface area contributed by atoms with Gasteiger partial charge in [-0.25, -0.2) is 4.39 Å². The van der Waals surface area contributed by atoms with Crippen molar-refractivity contribution in [3.05, 3.63) is 29.6 Å². The number of nitrogens with one attached hydrogen (secondary N) is 1. The third kappa shape index (κ3) is 4.99. The smallest absolute Gasteiger partial charge is 0.123 e. The lowest BCUT2D eigenvalue weighted by Gasteiger charge is -2.26. The van der Waals surface area contributed by atoms with Gasteiger partial charge in [0.25, 0.3) is 0 Å². The molecule has 3 heteroatoms. The molecule has 1 aromatic rings. The van der Waals surface area contributed by atoms with Gasteiger partial charge in [-0.2, -0.15) is 0 Å². The number of halogens is 1. The Morgan fingerprint density at radius 3 is 2.67 bits per heavy atom. The minimum atomic E-state index is -0.144. The molecule has 1 aliphatic carbocycles. The Bertz CT molecular complexity index is 439. The monoisotopic (exact) mass is 292 g/mol. The Morgan fingerprint density at radius 1 is 1.29 bits per heavy atom. The molecule has 2 nitrogen and oxygen atoms in total. The Labute approximate surface area is 128 Å². The van der Waals surface area contributed by atoms with Crippen LogP contribution >= 0.6 is 0 Å². The van der Waals surface area contributed by atoms with E-state index in [2.05, 4.69) is 31.1 Å². The van der Waals surface area contributed by atoms with Crippen molar-refractivity contribution in [2.24, 2.45) is 11.8 Å². The van der Waals surface area contributed by atoms with E-state index in [4.69, 9.17) is 0 Å². The molecule has 1 N–H and O–H groups in total. The minimum absolute atomic E-state index is 0.144. The molecule has 0 radical (unpaired) electrons. The maximum absolute atomic E-state index is 13.6. The average molecular weight is 292 g/mol. The van der Waals surface area contributed by atoms with Crippen molar-refractivity contribution >= 4 is 5.69 Å². The van der Waals surface area contributed by atoms with Gasteiger partial charge >= 0.3 is 0 Å². The van der Waals surface area contributed by atoms with Crippen molar-refractivity contribution in [3.63, 3.8) is 0 Å². The fourth-order valence-corrected chi connectivity index (χ4v) is 3.24. The lowest BCUT2D eigenvalue weighted by molar-refractivity contribution is 0.538. The molecule has 1 aromatic carbocycles. The van der Waals surface area contributed by atoms with E-state index < -0.39 is 0 Å². The minimum Gasteiger partial charge on any atom is -0.374 e. The lowest BCUT2D eigenvalue weighted by Crippen LogP contribution is -2.27. The molecular formula is C18H29FN2. The van der Waals surface area contributed by atoms with Crippen LogP contribution in [0.5, 0.6) is 0 Å². The van der Waals surface area contributed by atoms with E-state index in [9.17, 15) is 4.39 Å². The molecule has 21 heavy (non-hydrogen) atoms. The van der Waals surface area contributed by atoms with Crippen LogP contribution in [0.2, 0.25) is 0 Å². The maximum Gasteiger partial charge on any atom is 0.123 e. The maximum atomic E-state index is 13.6. The normalized spacial score (nSPS) is 15.9. The van der Waals surface area contributed by atoms with Crippen LogP contribution in [0.1, 0.15) is 45.1 Å². The summed E-state index contributed by atoms with van der Waals surface area (Å²) >= 11 is 0. The molecule has 0 aromatic heterocycles. The Balaban J connectivity index is 2.02. The highest BCUT2D eigenvalue weighted by atomic mass is 19.1. The molecule has 1 saturated carbocycles. The van der Waals surface area contributed by atoms with Crippen LogP contribution in [-0.2, 0) is 6.54 Å². The zero-order valence-electron chi connectivity index (χ0n) is 13.7. The average Bonchev–Trinajstić information content (AvgIpc) is 2.91. The van der Waals surface area contributed by atoms with Gasteiger partial charge in [-0.3, -0.25) is 0 Å². The zero-order chi connectivity index (χ0) is 15.2. The molecule has 1 fully saturated rings. The zero-order valence-corrected chi connectivity index (χ0v) is 13.7. The summed E-state index contributed by atoms with van der Waals surface area (Å²) in [7, 11) is 2.14. The van der Waals surface area contributed by atoms with Crippen molar-refractivity contribution in [1.29, 1.82) is 0 Å². The van der Waals surface area contributed by atoms with Crippen LogP contribution in [0.3, 0.4) is 0 Å². The van der Waals surface area contributed by atoms with Gasteiger partial charge in [0.05, 0.1) is 0 Å². The lowest BCUT2D eigenvalue weighted by atomic mass is 10.1. The Hall–Kier alpha value is -1.09. The van der Waals surface area contributed by atoms with Crippen LogP contribution < -0.4 is 10.2 Å². The third-order valence-electron chi connectivity index (χ3n) is 4.33. The van der Waals surface area contributed by atoms with Gasteiger partial charge in [-0.05, 0) is 55.0 Å². The fourth-order valence-electron chi connectivity index (χ4n) is 3.24. The number of benzene rings is 1. The molecule has 1 aliphatic rings. The van der Waals surface area contributed by atoms with Crippen molar-refractivity contribution < 1.29 is 4.39 Å². The highest BCUT2D eigenvalue weighted by molar-refractivity contribution is 5.53. The summed E-state index contributed by atoms with van der Waals surface area (Å²) in [5.74, 6) is 1.27. The standard InChI is InChI=1S/C18H29FN2/c1-14(2)11-20-12-16-10-17(19)8-9-18(16)21(3)13-15-6-4-5-7-15/h8-10,14-15,20H,4-7,11-13H2,1-3H3. The van der Waals surface area contributed by atoms with Gasteiger partial charge in [0.1, 0.15) is 5.82 Å². The third-order valence-corrected chi connectivity index (χ3v) is 4.33. The molecule has 0 spiro atoms. The van der Waals surface area contributed by atoms with Crippen LogP contribution in [0.15, 0.2) is 18.2 Å². The van der Waals surface area contributed by atoms with Crippen molar-refractivity contribution in [2.75, 3.05) is 25.0 Å². The molecule has 2 rings (SSSR count). The van der Waals surface area contributed by atoms with Gasteiger partial charge < -0.3 is 10.2 Å². The topological polar surface area (TPSA) is 15.3 Å². The first kappa shape index (κ1) is 16.3. The summed E-state index contributed by atoms with van der Waals surface area (Å²) in [5.41, 5.74) is 2.23. The first-order valence-electron chi connectivity index (χ1n) is 8.26. The first-order chi connectivity index (χ1) is 10.1. The number of hydrogen-bond acceptors (Lipinski definition) is 2. The van der Waals surface area contributed by atoms with Crippen LogP contribution in [0.25, 0.3) is 0 Å². The molecular weight excluding hydrogens is 263 g/mol. The fraction of sp³-hybridized carbons (Fsp3) is 0.667. The summed E-state index contributed by atoms with van der Waals surface area (Å²) in [6, 6.07) is 5.18. The van der Waals surface area contributed by atoms with Gasteiger partial charge in [-0.15, -0.1) is 0 Å². The highest BCUT2D eigenvalue weighted by Gasteiger charge is 2.18. The quantitative estimate of drug-likeness (QED) is 0.810. The van der Waals surface area contributed by atoms with E-state index in [1.165, 1.54) is 31.4 Å². The van der Waals surface area contributed by atoms with Crippen LogP contribution in [-0.4, -0.2) is 20.1 Å². The number of nitrogens with zero attached hydrogens (tertiary/aromatic N) is 1. The van der Waals surface area contributed by atoms with E-state index in [-0.39, 0.29) is 5.82 Å². The molecule has 0 atom stereocenters. The van der Waals surface area contributed by atoms with Gasteiger partial charge in [0.15, 0.2) is 0 Å². The van der Waals surface area contributed by atoms with E-state index in [1.54, 1.807) is 12.1 Å². The number of rotatable bonds is 7. The Morgan fingerprint density at radius 2 is 2.00 bits per heavy atom. The van der Waals surface area contributed by atoms with Crippen LogP contribution in [0.4, 0.5) is 10.1 Å². The second kappa shape index (κ2) is 7.79. The number of hydrogen-bond donors (Lipinski definition) is 1. The van der Waals surface area contributed by atoms with E-state index in [0.29, 0.717) is 5.92 Å². The SMILES string of the molecule is CC(C)CNCc1cc(F)ccc1N(C)CC1CCCC1. The second-order valence-corrected chi connectivity index (χ2v) is 6.83. The largest absolute Gasteiger partial charge is 0.374 e. The van der Waals surface area contributed by atoms with Gasteiger partial charge in [-0.1, -0.05) is 26.7 Å². The summed E-state index contributed by atoms with van der Waals surface area (Å²) in [4.78, 5) is 2.31. The molecule has 0 unspecified atom stereocenters. The predicted molar refractivity (Wildman–Crippen MR) is 88.2 cm³/mol. The molecule has 118 valence electrons. The van der Waals surface area contributed by atoms with Crippen molar-refractivity contribution in [2.45, 2.75) is 46.1 Å². The molecule has 0 heterocycles. The second-order valence-electron chi connectivity index (χ2n) is 6.83. The summed E-state index contributed by atoms with van der Waals surface area (Å²) < 4.78 is 13.6. The van der Waals surface area contributed by atoms with E-state index in [1.807, 2.05) is 6.07 Å². The first-order valence-corrected chi connectivity index (χ1v) is 8.26. The Kier molecular flexibility index (Phi) is 6.04. The molecule has 0 aliphatic heterocycles. The van der Waals surface area contributed by atoms with Gasteiger partial charge in [0, 0.05) is 25.8 Å². The van der Waals surface area contributed by atoms with Crippen LogP contribution in [0, 0.1) is 17.7 Å². The van der Waals surface area contributed by atoms with Crippen molar-refractivity contribution in [3.8, 4) is 0 Å². The molecule has 0 bridgehead atoms. The summed E-state index contributed by atoms with van der Waals surface area (Å²) in [6.07, 6.45) is 5.41. The molecule has 0 saturated heterocycles.